The molecule has 3 aromatic rings. The molecule has 0 atom stereocenters. The first kappa shape index (κ1) is 13.6. The van der Waals surface area contributed by atoms with Crippen molar-refractivity contribution in [1.29, 1.82) is 0 Å². The molecular weight excluding hydrogens is 292 g/mol. The van der Waals surface area contributed by atoms with Gasteiger partial charge in [0.2, 0.25) is 5.89 Å². The van der Waals surface area contributed by atoms with Crippen molar-refractivity contribution in [2.24, 2.45) is 0 Å². The van der Waals surface area contributed by atoms with E-state index in [1.54, 1.807) is 4.90 Å². The van der Waals surface area contributed by atoms with Gasteiger partial charge in [-0.25, -0.2) is 15.0 Å². The molecule has 0 spiro atoms. The number of hydrogen-bond donors (Lipinski definition) is 0. The smallest absolute Gasteiger partial charge is 0.257 e. The van der Waals surface area contributed by atoms with E-state index in [4.69, 9.17) is 4.42 Å². The summed E-state index contributed by atoms with van der Waals surface area (Å²) < 4.78 is 5.85. The van der Waals surface area contributed by atoms with Gasteiger partial charge in [-0.05, 0) is 12.1 Å². The minimum atomic E-state index is -0.0829. The van der Waals surface area contributed by atoms with E-state index in [1.807, 2.05) is 30.3 Å². The van der Waals surface area contributed by atoms with Crippen LogP contribution in [0.3, 0.4) is 0 Å². The first-order valence-corrected chi connectivity index (χ1v) is 7.39. The topological polar surface area (TPSA) is 72.1 Å². The molecule has 23 heavy (non-hydrogen) atoms. The average Bonchev–Trinajstić information content (AvgIpc) is 3.06. The highest BCUT2D eigenvalue weighted by atomic mass is 16.4. The number of carbonyl (C=O) groups excluding carboxylic acids is 1. The number of aromatic nitrogens is 3. The van der Waals surface area contributed by atoms with E-state index in [9.17, 15) is 4.79 Å². The van der Waals surface area contributed by atoms with Gasteiger partial charge in [0.05, 0.1) is 12.1 Å². The van der Waals surface area contributed by atoms with Gasteiger partial charge in [-0.3, -0.25) is 4.79 Å². The average molecular weight is 306 g/mol. The quantitative estimate of drug-likeness (QED) is 0.726. The Hall–Kier alpha value is -3.02. The lowest BCUT2D eigenvalue weighted by Gasteiger charge is -2.25. The summed E-state index contributed by atoms with van der Waals surface area (Å²) in [5, 5.41) is 0. The maximum absolute atomic E-state index is 12.5. The van der Waals surface area contributed by atoms with Gasteiger partial charge in [-0.15, -0.1) is 0 Å². The van der Waals surface area contributed by atoms with Crippen LogP contribution in [0.5, 0.6) is 0 Å². The van der Waals surface area contributed by atoms with E-state index in [1.165, 1.54) is 18.7 Å². The fourth-order valence-corrected chi connectivity index (χ4v) is 2.67. The monoisotopic (exact) mass is 306 g/mol. The maximum Gasteiger partial charge on any atom is 0.257 e. The molecule has 0 fully saturated rings. The summed E-state index contributed by atoms with van der Waals surface area (Å²) in [6.07, 6.45) is 5.13. The van der Waals surface area contributed by atoms with E-state index in [0.717, 1.165) is 17.0 Å². The Morgan fingerprint density at radius 3 is 2.70 bits per heavy atom. The molecule has 4 rings (SSSR count). The molecule has 114 valence electrons. The van der Waals surface area contributed by atoms with Gasteiger partial charge in [0.1, 0.15) is 17.8 Å². The molecule has 1 aliphatic heterocycles. The van der Waals surface area contributed by atoms with Crippen molar-refractivity contribution in [2.75, 3.05) is 6.54 Å². The second-order valence-electron chi connectivity index (χ2n) is 5.36. The summed E-state index contributed by atoms with van der Waals surface area (Å²) in [5.74, 6) is 1.38. The van der Waals surface area contributed by atoms with Crippen LogP contribution in [0.15, 0.2) is 53.5 Å². The molecule has 6 nitrogen and oxygen atoms in total. The second kappa shape index (κ2) is 5.64. The standard InChI is InChI=1S/C17H14N4O2/c22-17(13-8-18-11-19-9-13)21-7-6-15-14(10-21)20-16(23-15)12-4-2-1-3-5-12/h1-5,8-9,11H,6-7,10H2. The Bertz CT molecular complexity index is 830. The van der Waals surface area contributed by atoms with Gasteiger partial charge in [0.25, 0.3) is 5.91 Å². The zero-order valence-corrected chi connectivity index (χ0v) is 12.3. The highest BCUT2D eigenvalue weighted by Crippen LogP contribution is 2.26. The molecule has 0 radical (unpaired) electrons. The predicted octanol–water partition coefficient (Wildman–Crippen LogP) is 2.33. The number of benzene rings is 1. The van der Waals surface area contributed by atoms with Crippen molar-refractivity contribution < 1.29 is 9.21 Å². The third kappa shape index (κ3) is 2.59. The third-order valence-corrected chi connectivity index (χ3v) is 3.84. The molecule has 0 unspecified atom stereocenters. The number of fused-ring (bicyclic) bond motifs is 1. The van der Waals surface area contributed by atoms with Crippen molar-refractivity contribution >= 4 is 5.91 Å². The highest BCUT2D eigenvalue weighted by molar-refractivity contribution is 5.93. The van der Waals surface area contributed by atoms with Crippen LogP contribution in [0, 0.1) is 0 Å². The molecule has 1 aromatic carbocycles. The molecule has 0 bridgehead atoms. The van der Waals surface area contributed by atoms with E-state index in [-0.39, 0.29) is 5.91 Å². The van der Waals surface area contributed by atoms with E-state index in [2.05, 4.69) is 15.0 Å². The van der Waals surface area contributed by atoms with Crippen LogP contribution >= 0.6 is 0 Å². The van der Waals surface area contributed by atoms with Crippen molar-refractivity contribution in [3.05, 3.63) is 66.1 Å². The van der Waals surface area contributed by atoms with Gasteiger partial charge in [0, 0.05) is 30.9 Å². The Morgan fingerprint density at radius 2 is 1.91 bits per heavy atom. The lowest BCUT2D eigenvalue weighted by molar-refractivity contribution is 0.0727. The van der Waals surface area contributed by atoms with Gasteiger partial charge in [0.15, 0.2) is 0 Å². The summed E-state index contributed by atoms with van der Waals surface area (Å²) in [7, 11) is 0. The molecule has 1 amide bonds. The molecule has 0 N–H and O–H groups in total. The number of nitrogens with zero attached hydrogens (tertiary/aromatic N) is 4. The van der Waals surface area contributed by atoms with Gasteiger partial charge in [-0.1, -0.05) is 18.2 Å². The van der Waals surface area contributed by atoms with Crippen molar-refractivity contribution in [3.8, 4) is 11.5 Å². The van der Waals surface area contributed by atoms with Crippen LogP contribution in [-0.2, 0) is 13.0 Å². The SMILES string of the molecule is O=C(c1cncnc1)N1CCc2oc(-c3ccccc3)nc2C1. The number of oxazole rings is 1. The van der Waals surface area contributed by atoms with Crippen LogP contribution in [0.4, 0.5) is 0 Å². The molecule has 3 heterocycles. The maximum atomic E-state index is 12.5. The summed E-state index contributed by atoms with van der Waals surface area (Å²) in [6.45, 7) is 1.05. The van der Waals surface area contributed by atoms with E-state index >= 15 is 0 Å². The second-order valence-corrected chi connectivity index (χ2v) is 5.36. The van der Waals surface area contributed by atoms with Crippen LogP contribution in [0.25, 0.3) is 11.5 Å². The van der Waals surface area contributed by atoms with Gasteiger partial charge in [-0.2, -0.15) is 0 Å². The Balaban J connectivity index is 1.58. The minimum absolute atomic E-state index is 0.0829. The van der Waals surface area contributed by atoms with Crippen molar-refractivity contribution in [2.45, 2.75) is 13.0 Å². The lowest BCUT2D eigenvalue weighted by atomic mass is 10.1. The van der Waals surface area contributed by atoms with E-state index in [0.29, 0.717) is 31.0 Å². The van der Waals surface area contributed by atoms with Crippen LogP contribution in [0.2, 0.25) is 0 Å². The zero-order valence-electron chi connectivity index (χ0n) is 12.3. The fraction of sp³-hybridized carbons (Fsp3) is 0.176. The van der Waals surface area contributed by atoms with Gasteiger partial charge < -0.3 is 9.32 Å². The number of rotatable bonds is 2. The molecule has 0 aliphatic carbocycles. The molecule has 1 aliphatic rings. The summed E-state index contributed by atoms with van der Waals surface area (Å²) in [4.78, 5) is 26.6. The Morgan fingerprint density at radius 1 is 1.13 bits per heavy atom. The first-order chi connectivity index (χ1) is 11.3. The number of carbonyl (C=O) groups is 1. The van der Waals surface area contributed by atoms with Crippen LogP contribution < -0.4 is 0 Å². The number of hydrogen-bond acceptors (Lipinski definition) is 5. The Labute approximate surface area is 132 Å². The lowest BCUT2D eigenvalue weighted by Crippen LogP contribution is -2.35. The van der Waals surface area contributed by atoms with Crippen molar-refractivity contribution in [3.63, 3.8) is 0 Å². The summed E-state index contributed by atoms with van der Waals surface area (Å²) in [6, 6.07) is 9.77. The summed E-state index contributed by atoms with van der Waals surface area (Å²) in [5.41, 5.74) is 2.25. The van der Waals surface area contributed by atoms with Crippen LogP contribution in [0.1, 0.15) is 21.8 Å². The summed E-state index contributed by atoms with van der Waals surface area (Å²) >= 11 is 0. The molecule has 0 saturated carbocycles. The van der Waals surface area contributed by atoms with Gasteiger partial charge >= 0.3 is 0 Å². The molecule has 6 heteroatoms. The Kier molecular flexibility index (Phi) is 3.34. The minimum Gasteiger partial charge on any atom is -0.441 e. The normalized spacial score (nSPS) is 13.7. The molecule has 0 saturated heterocycles. The number of amides is 1. The zero-order chi connectivity index (χ0) is 15.6. The highest BCUT2D eigenvalue weighted by Gasteiger charge is 2.26. The fourth-order valence-electron chi connectivity index (χ4n) is 2.67. The van der Waals surface area contributed by atoms with E-state index < -0.39 is 0 Å². The molecule has 2 aromatic heterocycles. The van der Waals surface area contributed by atoms with Crippen molar-refractivity contribution in [1.82, 2.24) is 19.9 Å². The third-order valence-electron chi connectivity index (χ3n) is 3.84. The molecular formula is C17H14N4O2. The predicted molar refractivity (Wildman–Crippen MR) is 82.4 cm³/mol. The largest absolute Gasteiger partial charge is 0.441 e. The first-order valence-electron chi connectivity index (χ1n) is 7.39. The van der Waals surface area contributed by atoms with Crippen LogP contribution in [-0.4, -0.2) is 32.3 Å².